The smallest absolute Gasteiger partial charge is 0.0145 e. The molecule has 2 saturated heterocycles. The molecule has 0 aromatic rings. The molecule has 0 amide bonds. The van der Waals surface area contributed by atoms with Crippen LogP contribution in [0.3, 0.4) is 0 Å². The van der Waals surface area contributed by atoms with Gasteiger partial charge < -0.3 is 9.80 Å². The monoisotopic (exact) mass is 154 g/mol. The molecular weight excluding hydrogens is 136 g/mol. The maximum absolute atomic E-state index is 2.49. The number of hydrogen-bond acceptors (Lipinski definition) is 2. The normalized spacial score (nSPS) is 37.9. The first-order chi connectivity index (χ1) is 5.14. The van der Waals surface area contributed by atoms with Crippen LogP contribution >= 0.6 is 0 Å². The summed E-state index contributed by atoms with van der Waals surface area (Å²) in [4.78, 5) is 4.92. The van der Waals surface area contributed by atoms with Gasteiger partial charge in [-0.05, 0) is 34.0 Å². The first-order valence-corrected chi connectivity index (χ1v) is 4.53. The molecule has 2 rings (SSSR count). The summed E-state index contributed by atoms with van der Waals surface area (Å²) in [7, 11) is 4.47. The van der Waals surface area contributed by atoms with Gasteiger partial charge >= 0.3 is 0 Å². The minimum atomic E-state index is 0.670. The highest BCUT2D eigenvalue weighted by Gasteiger charge is 2.50. The summed E-state index contributed by atoms with van der Waals surface area (Å²) in [6.07, 6.45) is 1.41. The van der Waals surface area contributed by atoms with E-state index in [4.69, 9.17) is 0 Å². The lowest BCUT2D eigenvalue weighted by Crippen LogP contribution is -2.58. The molecule has 0 saturated carbocycles. The van der Waals surface area contributed by atoms with Gasteiger partial charge in [0, 0.05) is 24.5 Å². The molecule has 0 aromatic carbocycles. The molecule has 2 heteroatoms. The lowest BCUT2D eigenvalue weighted by atomic mass is 9.74. The van der Waals surface area contributed by atoms with Crippen molar-refractivity contribution >= 4 is 0 Å². The van der Waals surface area contributed by atoms with Gasteiger partial charge in [0.2, 0.25) is 0 Å². The van der Waals surface area contributed by atoms with E-state index in [1.165, 1.54) is 26.1 Å². The van der Waals surface area contributed by atoms with Crippen LogP contribution in [0.5, 0.6) is 0 Å². The van der Waals surface area contributed by atoms with Crippen LogP contribution in [0.25, 0.3) is 0 Å². The Balaban J connectivity index is 2.05. The second kappa shape index (κ2) is 2.20. The predicted octanol–water partition coefficient (Wildman–Crippen LogP) is 0.642. The summed E-state index contributed by atoms with van der Waals surface area (Å²) in [5.74, 6) is 0. The Hall–Kier alpha value is -0.0800. The Morgan fingerprint density at radius 3 is 2.27 bits per heavy atom. The molecule has 2 aliphatic heterocycles. The van der Waals surface area contributed by atoms with Crippen molar-refractivity contribution in [2.45, 2.75) is 19.4 Å². The molecule has 2 heterocycles. The standard InChI is InChI=1S/C9H18N2/c1-8-9(4-5-11(8)3)6-10(2)7-9/h8H,4-7H2,1-3H3/t8-/m0/s1. The van der Waals surface area contributed by atoms with Crippen molar-refractivity contribution in [1.29, 1.82) is 0 Å². The van der Waals surface area contributed by atoms with Gasteiger partial charge in [-0.25, -0.2) is 0 Å². The van der Waals surface area contributed by atoms with Gasteiger partial charge in [-0.15, -0.1) is 0 Å². The predicted molar refractivity (Wildman–Crippen MR) is 46.6 cm³/mol. The highest BCUT2D eigenvalue weighted by molar-refractivity contribution is 5.04. The first kappa shape index (κ1) is 7.56. The topological polar surface area (TPSA) is 6.48 Å². The molecule has 0 aliphatic carbocycles. The van der Waals surface area contributed by atoms with Crippen molar-refractivity contribution in [2.75, 3.05) is 33.7 Å². The SMILES string of the molecule is C[C@@H]1N(C)CCC12CN(C)C2. The number of rotatable bonds is 0. The Kier molecular flexibility index (Phi) is 1.52. The van der Waals surface area contributed by atoms with Gasteiger partial charge in [-0.1, -0.05) is 0 Å². The van der Waals surface area contributed by atoms with Gasteiger partial charge in [0.05, 0.1) is 0 Å². The summed E-state index contributed by atoms with van der Waals surface area (Å²) in [6, 6.07) is 0.804. The van der Waals surface area contributed by atoms with Crippen molar-refractivity contribution in [1.82, 2.24) is 9.80 Å². The van der Waals surface area contributed by atoms with E-state index in [1.807, 2.05) is 0 Å². The zero-order valence-electron chi connectivity index (χ0n) is 7.80. The average molecular weight is 154 g/mol. The molecule has 1 spiro atoms. The van der Waals surface area contributed by atoms with E-state index in [0.29, 0.717) is 5.41 Å². The molecule has 64 valence electrons. The second-order valence-corrected chi connectivity index (χ2v) is 4.44. The van der Waals surface area contributed by atoms with Crippen LogP contribution in [0.2, 0.25) is 0 Å². The van der Waals surface area contributed by atoms with Crippen LogP contribution in [-0.2, 0) is 0 Å². The summed E-state index contributed by atoms with van der Waals surface area (Å²) < 4.78 is 0. The molecule has 2 aliphatic rings. The van der Waals surface area contributed by atoms with Crippen LogP contribution in [-0.4, -0.2) is 49.6 Å². The number of hydrogen-bond donors (Lipinski definition) is 0. The summed E-state index contributed by atoms with van der Waals surface area (Å²) in [5.41, 5.74) is 0.670. The lowest BCUT2D eigenvalue weighted by molar-refractivity contribution is 0.000876. The largest absolute Gasteiger partial charge is 0.305 e. The molecule has 2 nitrogen and oxygen atoms in total. The highest BCUT2D eigenvalue weighted by Crippen LogP contribution is 2.42. The maximum Gasteiger partial charge on any atom is 0.0145 e. The molecule has 0 unspecified atom stereocenters. The maximum atomic E-state index is 2.49. The van der Waals surface area contributed by atoms with E-state index < -0.39 is 0 Å². The summed E-state index contributed by atoms with van der Waals surface area (Å²) in [5, 5.41) is 0. The Morgan fingerprint density at radius 1 is 1.27 bits per heavy atom. The van der Waals surface area contributed by atoms with Gasteiger partial charge in [-0.3, -0.25) is 0 Å². The van der Waals surface area contributed by atoms with E-state index in [2.05, 4.69) is 30.8 Å². The summed E-state index contributed by atoms with van der Waals surface area (Å²) in [6.45, 7) is 6.31. The van der Waals surface area contributed by atoms with Crippen LogP contribution < -0.4 is 0 Å². The van der Waals surface area contributed by atoms with Gasteiger partial charge in [0.25, 0.3) is 0 Å². The zero-order valence-corrected chi connectivity index (χ0v) is 7.80. The van der Waals surface area contributed by atoms with Crippen molar-refractivity contribution in [3.8, 4) is 0 Å². The second-order valence-electron chi connectivity index (χ2n) is 4.44. The van der Waals surface area contributed by atoms with Crippen LogP contribution in [0.15, 0.2) is 0 Å². The van der Waals surface area contributed by atoms with Crippen molar-refractivity contribution < 1.29 is 0 Å². The van der Waals surface area contributed by atoms with Crippen molar-refractivity contribution in [2.24, 2.45) is 5.41 Å². The zero-order chi connectivity index (χ0) is 8.06. The van der Waals surface area contributed by atoms with Gasteiger partial charge in [-0.2, -0.15) is 0 Å². The van der Waals surface area contributed by atoms with Crippen LogP contribution in [0.1, 0.15) is 13.3 Å². The molecule has 1 atom stereocenters. The Morgan fingerprint density at radius 2 is 1.91 bits per heavy atom. The fraction of sp³-hybridized carbons (Fsp3) is 1.00. The molecule has 11 heavy (non-hydrogen) atoms. The molecule has 0 N–H and O–H groups in total. The average Bonchev–Trinajstić information content (AvgIpc) is 2.16. The fourth-order valence-electron chi connectivity index (χ4n) is 2.72. The van der Waals surface area contributed by atoms with E-state index in [0.717, 1.165) is 6.04 Å². The van der Waals surface area contributed by atoms with E-state index >= 15 is 0 Å². The van der Waals surface area contributed by atoms with E-state index in [-0.39, 0.29) is 0 Å². The minimum Gasteiger partial charge on any atom is -0.305 e. The third kappa shape index (κ3) is 0.926. The van der Waals surface area contributed by atoms with Crippen molar-refractivity contribution in [3.63, 3.8) is 0 Å². The molecule has 0 bridgehead atoms. The highest BCUT2D eigenvalue weighted by atomic mass is 15.3. The van der Waals surface area contributed by atoms with Gasteiger partial charge in [0.1, 0.15) is 0 Å². The van der Waals surface area contributed by atoms with Gasteiger partial charge in [0.15, 0.2) is 0 Å². The van der Waals surface area contributed by atoms with Crippen LogP contribution in [0.4, 0.5) is 0 Å². The van der Waals surface area contributed by atoms with E-state index in [9.17, 15) is 0 Å². The molecule has 0 radical (unpaired) electrons. The Labute approximate surface area is 69.2 Å². The quantitative estimate of drug-likeness (QED) is 0.505. The van der Waals surface area contributed by atoms with E-state index in [1.54, 1.807) is 0 Å². The van der Waals surface area contributed by atoms with Crippen LogP contribution in [0, 0.1) is 5.41 Å². The fourth-order valence-corrected chi connectivity index (χ4v) is 2.72. The third-order valence-corrected chi connectivity index (χ3v) is 3.68. The number of likely N-dealkylation sites (tertiary alicyclic amines) is 2. The molecular formula is C9H18N2. The minimum absolute atomic E-state index is 0.670. The first-order valence-electron chi connectivity index (χ1n) is 4.53. The number of nitrogens with zero attached hydrogens (tertiary/aromatic N) is 2. The lowest BCUT2D eigenvalue weighted by Gasteiger charge is -2.49. The van der Waals surface area contributed by atoms with Crippen molar-refractivity contribution in [3.05, 3.63) is 0 Å². The Bertz CT molecular complexity index is 155. The molecule has 0 aromatic heterocycles. The molecule has 2 fully saturated rings. The summed E-state index contributed by atoms with van der Waals surface area (Å²) >= 11 is 0. The third-order valence-electron chi connectivity index (χ3n) is 3.68.